The fourth-order valence-corrected chi connectivity index (χ4v) is 9.35. The number of aromatic nitrogens is 4. The molecule has 0 bridgehead atoms. The summed E-state index contributed by atoms with van der Waals surface area (Å²) in [6.45, 7) is 0. The van der Waals surface area contributed by atoms with E-state index in [-0.39, 0.29) is 0 Å². The van der Waals surface area contributed by atoms with Gasteiger partial charge in [0, 0.05) is 43.6 Å². The van der Waals surface area contributed by atoms with Gasteiger partial charge in [0.15, 0.2) is 17.5 Å². The molecule has 0 fully saturated rings. The highest BCUT2D eigenvalue weighted by Crippen LogP contribution is 2.42. The summed E-state index contributed by atoms with van der Waals surface area (Å²) in [6, 6.07) is 71.5. The molecule has 0 radical (unpaired) electrons. The first-order valence-corrected chi connectivity index (χ1v) is 21.1. The van der Waals surface area contributed by atoms with Crippen molar-refractivity contribution in [1.29, 1.82) is 0 Å². The van der Waals surface area contributed by atoms with E-state index >= 15 is 0 Å². The van der Waals surface area contributed by atoms with E-state index in [0.29, 0.717) is 17.5 Å². The molecule has 13 aromatic rings. The number of para-hydroxylation sites is 2. The summed E-state index contributed by atoms with van der Waals surface area (Å²) in [7, 11) is 0. The van der Waals surface area contributed by atoms with Gasteiger partial charge in [0.05, 0.1) is 22.1 Å². The molecule has 0 aliphatic heterocycles. The Morgan fingerprint density at radius 2 is 0.873 bits per heavy atom. The number of rotatable bonds is 6. The van der Waals surface area contributed by atoms with Gasteiger partial charge < -0.3 is 13.4 Å². The molecule has 6 nitrogen and oxygen atoms in total. The minimum atomic E-state index is 0.545. The summed E-state index contributed by atoms with van der Waals surface area (Å²) < 4.78 is 15.6. The van der Waals surface area contributed by atoms with Crippen LogP contribution >= 0.6 is 0 Å². The maximum atomic E-state index is 6.73. The maximum absolute atomic E-state index is 6.73. The first-order valence-electron chi connectivity index (χ1n) is 21.1. The smallest absolute Gasteiger partial charge is 0.164 e. The highest BCUT2D eigenvalue weighted by Gasteiger charge is 2.21. The van der Waals surface area contributed by atoms with Crippen LogP contribution in [0, 0.1) is 0 Å². The van der Waals surface area contributed by atoms with E-state index in [1.807, 2.05) is 54.6 Å². The van der Waals surface area contributed by atoms with Gasteiger partial charge in [-0.3, -0.25) is 0 Å². The predicted molar refractivity (Wildman–Crippen MR) is 256 cm³/mol. The Morgan fingerprint density at radius 3 is 1.67 bits per heavy atom. The van der Waals surface area contributed by atoms with E-state index in [4.69, 9.17) is 23.8 Å². The molecule has 6 heteroatoms. The van der Waals surface area contributed by atoms with Gasteiger partial charge in [-0.1, -0.05) is 146 Å². The minimum absolute atomic E-state index is 0.545. The van der Waals surface area contributed by atoms with Crippen LogP contribution in [0.1, 0.15) is 0 Å². The Bertz CT molecular complexity index is 3900. The zero-order valence-electron chi connectivity index (χ0n) is 33.7. The molecule has 0 saturated carbocycles. The van der Waals surface area contributed by atoms with Crippen molar-refractivity contribution < 1.29 is 8.83 Å². The van der Waals surface area contributed by atoms with Gasteiger partial charge in [0.2, 0.25) is 0 Å². The van der Waals surface area contributed by atoms with Gasteiger partial charge >= 0.3 is 0 Å². The van der Waals surface area contributed by atoms with E-state index in [9.17, 15) is 0 Å². The zero-order chi connectivity index (χ0) is 41.4. The number of benzene rings is 9. The second-order valence-corrected chi connectivity index (χ2v) is 15.9. The molecule has 0 aliphatic carbocycles. The summed E-state index contributed by atoms with van der Waals surface area (Å²) in [5, 5.41) is 6.59. The molecule has 4 aromatic heterocycles. The third kappa shape index (κ3) is 5.69. The second kappa shape index (κ2) is 14.0. The molecule has 63 heavy (non-hydrogen) atoms. The average Bonchev–Trinajstić information content (AvgIpc) is 4.03. The van der Waals surface area contributed by atoms with E-state index in [2.05, 4.69) is 156 Å². The van der Waals surface area contributed by atoms with Crippen LogP contribution < -0.4 is 0 Å². The molecule has 0 saturated heterocycles. The number of fused-ring (bicyclic) bond motifs is 9. The van der Waals surface area contributed by atoms with Crippen molar-refractivity contribution in [1.82, 2.24) is 19.5 Å². The van der Waals surface area contributed by atoms with Crippen LogP contribution in [0.25, 0.3) is 128 Å². The van der Waals surface area contributed by atoms with Crippen molar-refractivity contribution in [2.45, 2.75) is 0 Å². The molecule has 0 amide bonds. The Hall–Kier alpha value is -8.61. The van der Waals surface area contributed by atoms with Crippen molar-refractivity contribution >= 4 is 65.7 Å². The van der Waals surface area contributed by atoms with Gasteiger partial charge in [0.25, 0.3) is 0 Å². The first-order chi connectivity index (χ1) is 31.2. The third-order valence-corrected chi connectivity index (χ3v) is 12.2. The molecule has 13 rings (SSSR count). The quantitative estimate of drug-likeness (QED) is 0.167. The first kappa shape index (κ1) is 35.2. The Labute approximate surface area is 361 Å². The van der Waals surface area contributed by atoms with Gasteiger partial charge in [-0.2, -0.15) is 0 Å². The van der Waals surface area contributed by atoms with Gasteiger partial charge in [0.1, 0.15) is 22.3 Å². The van der Waals surface area contributed by atoms with Crippen molar-refractivity contribution in [2.24, 2.45) is 0 Å². The van der Waals surface area contributed by atoms with Crippen LogP contribution in [0.2, 0.25) is 0 Å². The minimum Gasteiger partial charge on any atom is -0.456 e. The Kier molecular flexibility index (Phi) is 7.80. The van der Waals surface area contributed by atoms with Gasteiger partial charge in [-0.05, 0) is 82.9 Å². The zero-order valence-corrected chi connectivity index (χ0v) is 33.7. The number of furan rings is 2. The molecule has 0 spiro atoms. The molecule has 294 valence electrons. The van der Waals surface area contributed by atoms with Crippen LogP contribution in [-0.4, -0.2) is 19.5 Å². The van der Waals surface area contributed by atoms with E-state index in [1.165, 1.54) is 21.9 Å². The largest absolute Gasteiger partial charge is 0.456 e. The highest BCUT2D eigenvalue weighted by atomic mass is 16.3. The molecule has 4 heterocycles. The highest BCUT2D eigenvalue weighted by molar-refractivity contribution is 6.16. The molecule has 0 unspecified atom stereocenters. The summed E-state index contributed by atoms with van der Waals surface area (Å²) in [6.07, 6.45) is 0. The van der Waals surface area contributed by atoms with Crippen molar-refractivity contribution in [3.05, 3.63) is 206 Å². The Balaban J connectivity index is 0.988. The molecule has 0 aliphatic rings. The second-order valence-electron chi connectivity index (χ2n) is 15.9. The summed E-state index contributed by atoms with van der Waals surface area (Å²) in [4.78, 5) is 15.4. The van der Waals surface area contributed by atoms with Crippen LogP contribution in [-0.2, 0) is 0 Å². The molecular weight excluding hydrogens is 773 g/mol. The molecular formula is C57H34N4O2. The Morgan fingerprint density at radius 1 is 0.302 bits per heavy atom. The monoisotopic (exact) mass is 806 g/mol. The molecule has 0 atom stereocenters. The fourth-order valence-electron chi connectivity index (χ4n) is 9.35. The van der Waals surface area contributed by atoms with Crippen LogP contribution in [0.5, 0.6) is 0 Å². The lowest BCUT2D eigenvalue weighted by Gasteiger charge is -2.11. The predicted octanol–water partition coefficient (Wildman–Crippen LogP) is 15.1. The number of hydrogen-bond acceptors (Lipinski definition) is 5. The number of nitrogens with zero attached hydrogens (tertiary/aromatic N) is 4. The van der Waals surface area contributed by atoms with Crippen LogP contribution in [0.3, 0.4) is 0 Å². The fraction of sp³-hybridized carbons (Fsp3) is 0. The summed E-state index contributed by atoms with van der Waals surface area (Å²) >= 11 is 0. The normalized spacial score (nSPS) is 11.8. The van der Waals surface area contributed by atoms with E-state index in [0.717, 1.165) is 88.4 Å². The lowest BCUT2D eigenvalue weighted by Crippen LogP contribution is -2.00. The molecule has 0 N–H and O–H groups in total. The lowest BCUT2D eigenvalue weighted by molar-refractivity contribution is 0.668. The van der Waals surface area contributed by atoms with Crippen molar-refractivity contribution in [3.8, 4) is 62.1 Å². The number of hydrogen-bond donors (Lipinski definition) is 0. The van der Waals surface area contributed by atoms with E-state index < -0.39 is 0 Å². The van der Waals surface area contributed by atoms with E-state index in [1.54, 1.807) is 0 Å². The lowest BCUT2D eigenvalue weighted by atomic mass is 9.97. The summed E-state index contributed by atoms with van der Waals surface area (Å²) in [5.41, 5.74) is 13.6. The van der Waals surface area contributed by atoms with Gasteiger partial charge in [-0.15, -0.1) is 0 Å². The van der Waals surface area contributed by atoms with Crippen LogP contribution in [0.15, 0.2) is 215 Å². The third-order valence-electron chi connectivity index (χ3n) is 12.2. The standard InChI is InChI=1S/C57H34N4O2/c1-4-15-35(16-5-1)38-28-30-47-45(31-38)41-21-10-12-23-46(41)61(47)48-24-14-26-50-54(48)43-29-27-39(33-51(43)63-50)56-58-55(37-19-8-3-9-20-37)59-57(60-56)40-32-44(36-17-6-2-7-18-36)53-42-22-11-13-25-49(42)62-52(53)34-40/h1-34H. The van der Waals surface area contributed by atoms with Gasteiger partial charge in [-0.25, -0.2) is 15.0 Å². The van der Waals surface area contributed by atoms with Crippen molar-refractivity contribution in [3.63, 3.8) is 0 Å². The maximum Gasteiger partial charge on any atom is 0.164 e. The SMILES string of the molecule is c1ccc(-c2ccc3c(c2)c2ccccc2n3-c2cccc3oc4cc(-c5nc(-c6ccccc6)nc(-c6cc(-c7ccccc7)c7c(c6)oc6ccccc67)n5)ccc4c23)cc1. The summed E-state index contributed by atoms with van der Waals surface area (Å²) in [5.74, 6) is 1.67. The van der Waals surface area contributed by atoms with Crippen LogP contribution in [0.4, 0.5) is 0 Å². The molecule has 9 aromatic carbocycles. The topological polar surface area (TPSA) is 69.9 Å². The average molecular weight is 807 g/mol. The van der Waals surface area contributed by atoms with Crippen molar-refractivity contribution in [2.75, 3.05) is 0 Å².